The van der Waals surface area contributed by atoms with Crippen molar-refractivity contribution in [3.8, 4) is 6.07 Å². The average Bonchev–Trinajstić information content (AvgIpc) is 2.56. The highest BCUT2D eigenvalue weighted by atomic mass is 35.5. The topological polar surface area (TPSA) is 64.9 Å². The Labute approximate surface area is 140 Å². The Bertz CT molecular complexity index is 750. The molecule has 2 rings (SSSR count). The van der Waals surface area contributed by atoms with E-state index >= 15 is 0 Å². The number of carbonyl (C=O) groups is 1. The van der Waals surface area contributed by atoms with Gasteiger partial charge in [0.25, 0.3) is 5.91 Å². The smallest absolute Gasteiger partial charge is 0.263 e. The lowest BCUT2D eigenvalue weighted by Gasteiger charge is -2.13. The average molecular weight is 326 g/mol. The summed E-state index contributed by atoms with van der Waals surface area (Å²) in [5, 5.41) is 15.4. The molecule has 2 N–H and O–H groups in total. The molecule has 0 aliphatic carbocycles. The molecule has 5 heteroatoms. The van der Waals surface area contributed by atoms with Crippen LogP contribution in [0.1, 0.15) is 18.5 Å². The molecule has 0 fully saturated rings. The highest BCUT2D eigenvalue weighted by molar-refractivity contribution is 6.30. The van der Waals surface area contributed by atoms with E-state index in [-0.39, 0.29) is 11.6 Å². The molecule has 0 bridgehead atoms. The van der Waals surface area contributed by atoms with Crippen LogP contribution in [0.3, 0.4) is 0 Å². The fourth-order valence-electron chi connectivity index (χ4n) is 1.98. The van der Waals surface area contributed by atoms with Crippen LogP contribution in [0.2, 0.25) is 5.02 Å². The first-order chi connectivity index (χ1) is 11.1. The van der Waals surface area contributed by atoms with Gasteiger partial charge in [-0.3, -0.25) is 4.79 Å². The first-order valence-corrected chi connectivity index (χ1v) is 7.46. The van der Waals surface area contributed by atoms with Crippen LogP contribution in [0.15, 0.2) is 66.4 Å². The number of halogens is 1. The first-order valence-electron chi connectivity index (χ1n) is 7.08. The molecule has 0 aromatic heterocycles. The minimum atomic E-state index is -0.432. The molecule has 0 radical (unpaired) electrons. The summed E-state index contributed by atoms with van der Waals surface area (Å²) in [7, 11) is 0. The minimum Gasteiger partial charge on any atom is -0.360 e. The predicted molar refractivity (Wildman–Crippen MR) is 91.8 cm³/mol. The van der Waals surface area contributed by atoms with Crippen LogP contribution >= 0.6 is 11.6 Å². The molecule has 0 heterocycles. The van der Waals surface area contributed by atoms with Crippen LogP contribution in [-0.2, 0) is 4.79 Å². The standard InChI is InChI=1S/C18H16ClN3O/c1-13(14-6-3-2-4-7-14)22-18(23)15(11-20)12-21-17-9-5-8-16(19)10-17/h2-10,12-13,21H,1H3,(H,22,23)/b15-12-. The van der Waals surface area contributed by atoms with Gasteiger partial charge in [-0.15, -0.1) is 0 Å². The SMILES string of the molecule is CC(NC(=O)/C(C#N)=C\Nc1cccc(Cl)c1)c1ccccc1. The van der Waals surface area contributed by atoms with Gasteiger partial charge >= 0.3 is 0 Å². The number of benzene rings is 2. The quantitative estimate of drug-likeness (QED) is 0.644. The number of carbonyl (C=O) groups excluding carboxylic acids is 1. The van der Waals surface area contributed by atoms with Crippen LogP contribution < -0.4 is 10.6 Å². The molecular formula is C18H16ClN3O. The largest absolute Gasteiger partial charge is 0.360 e. The molecule has 23 heavy (non-hydrogen) atoms. The Balaban J connectivity index is 2.04. The van der Waals surface area contributed by atoms with Crippen molar-refractivity contribution in [2.24, 2.45) is 0 Å². The fraction of sp³-hybridized carbons (Fsp3) is 0.111. The molecule has 0 aliphatic rings. The molecule has 1 amide bonds. The monoisotopic (exact) mass is 325 g/mol. The molecule has 0 spiro atoms. The number of hydrogen-bond donors (Lipinski definition) is 2. The van der Waals surface area contributed by atoms with E-state index < -0.39 is 5.91 Å². The Kier molecular flexibility index (Phi) is 5.79. The molecule has 0 saturated heterocycles. The highest BCUT2D eigenvalue weighted by Crippen LogP contribution is 2.15. The lowest BCUT2D eigenvalue weighted by molar-refractivity contribution is -0.117. The molecular weight excluding hydrogens is 310 g/mol. The lowest BCUT2D eigenvalue weighted by atomic mass is 10.1. The van der Waals surface area contributed by atoms with E-state index in [1.807, 2.05) is 43.3 Å². The zero-order valence-electron chi connectivity index (χ0n) is 12.6. The van der Waals surface area contributed by atoms with E-state index in [9.17, 15) is 4.79 Å². The van der Waals surface area contributed by atoms with Crippen LogP contribution in [0.5, 0.6) is 0 Å². The van der Waals surface area contributed by atoms with Crippen LogP contribution in [0, 0.1) is 11.3 Å². The number of nitrogens with zero attached hydrogens (tertiary/aromatic N) is 1. The van der Waals surface area contributed by atoms with Gasteiger partial charge in [-0.2, -0.15) is 5.26 Å². The van der Waals surface area contributed by atoms with Crippen molar-refractivity contribution in [3.63, 3.8) is 0 Å². The molecule has 2 aromatic rings. The van der Waals surface area contributed by atoms with Crippen molar-refractivity contribution in [1.82, 2.24) is 5.32 Å². The van der Waals surface area contributed by atoms with E-state index in [2.05, 4.69) is 10.6 Å². The summed E-state index contributed by atoms with van der Waals surface area (Å²) in [5.74, 6) is -0.432. The number of nitrogens with one attached hydrogen (secondary N) is 2. The molecule has 0 saturated carbocycles. The summed E-state index contributed by atoms with van der Waals surface area (Å²) in [4.78, 5) is 12.2. The molecule has 1 unspecified atom stereocenters. The number of anilines is 1. The third-order valence-electron chi connectivity index (χ3n) is 3.22. The Morgan fingerprint density at radius 2 is 1.96 bits per heavy atom. The van der Waals surface area contributed by atoms with Crippen LogP contribution in [0.4, 0.5) is 5.69 Å². The van der Waals surface area contributed by atoms with Gasteiger partial charge in [-0.05, 0) is 30.7 Å². The van der Waals surface area contributed by atoms with Crippen molar-refractivity contribution < 1.29 is 4.79 Å². The summed E-state index contributed by atoms with van der Waals surface area (Å²) < 4.78 is 0. The Morgan fingerprint density at radius 3 is 2.61 bits per heavy atom. The van der Waals surface area contributed by atoms with Gasteiger partial charge in [0, 0.05) is 16.9 Å². The van der Waals surface area contributed by atoms with Gasteiger partial charge in [-0.25, -0.2) is 0 Å². The van der Waals surface area contributed by atoms with Crippen LogP contribution in [-0.4, -0.2) is 5.91 Å². The van der Waals surface area contributed by atoms with Crippen molar-refractivity contribution in [1.29, 1.82) is 5.26 Å². The molecule has 1 atom stereocenters. The zero-order valence-corrected chi connectivity index (χ0v) is 13.3. The summed E-state index contributed by atoms with van der Waals surface area (Å²) in [6, 6.07) is 18.3. The minimum absolute atomic E-state index is 0.00671. The summed E-state index contributed by atoms with van der Waals surface area (Å²) in [6.07, 6.45) is 1.37. The summed E-state index contributed by atoms with van der Waals surface area (Å²) >= 11 is 5.89. The Hall–Kier alpha value is -2.77. The third-order valence-corrected chi connectivity index (χ3v) is 3.46. The first kappa shape index (κ1) is 16.6. The maximum absolute atomic E-state index is 12.2. The van der Waals surface area contributed by atoms with Gasteiger partial charge in [0.05, 0.1) is 6.04 Å². The van der Waals surface area contributed by atoms with Crippen molar-refractivity contribution in [2.45, 2.75) is 13.0 Å². The molecule has 0 aliphatic heterocycles. The van der Waals surface area contributed by atoms with Gasteiger partial charge in [0.15, 0.2) is 0 Å². The third kappa shape index (κ3) is 4.87. The number of amides is 1. The van der Waals surface area contributed by atoms with Gasteiger partial charge < -0.3 is 10.6 Å². The molecule has 2 aromatic carbocycles. The second-order valence-corrected chi connectivity index (χ2v) is 5.37. The second kappa shape index (κ2) is 8.02. The van der Waals surface area contributed by atoms with Gasteiger partial charge in [0.1, 0.15) is 11.6 Å². The van der Waals surface area contributed by atoms with Gasteiger partial charge in [-0.1, -0.05) is 48.0 Å². The fourth-order valence-corrected chi connectivity index (χ4v) is 2.17. The van der Waals surface area contributed by atoms with E-state index in [4.69, 9.17) is 16.9 Å². The predicted octanol–water partition coefficient (Wildman–Crippen LogP) is 4.04. The maximum Gasteiger partial charge on any atom is 0.263 e. The number of rotatable bonds is 5. The van der Waals surface area contributed by atoms with Crippen molar-refractivity contribution >= 4 is 23.2 Å². The lowest BCUT2D eigenvalue weighted by Crippen LogP contribution is -2.28. The Morgan fingerprint density at radius 1 is 1.22 bits per heavy atom. The van der Waals surface area contributed by atoms with Crippen molar-refractivity contribution in [2.75, 3.05) is 5.32 Å². The van der Waals surface area contributed by atoms with E-state index in [1.165, 1.54) is 6.20 Å². The highest BCUT2D eigenvalue weighted by Gasteiger charge is 2.13. The normalized spacial score (nSPS) is 12.1. The zero-order chi connectivity index (χ0) is 16.7. The number of hydrogen-bond acceptors (Lipinski definition) is 3. The molecule has 4 nitrogen and oxygen atoms in total. The summed E-state index contributed by atoms with van der Waals surface area (Å²) in [6.45, 7) is 1.87. The van der Waals surface area contributed by atoms with E-state index in [1.54, 1.807) is 24.3 Å². The van der Waals surface area contributed by atoms with Crippen molar-refractivity contribution in [3.05, 3.63) is 77.0 Å². The molecule has 116 valence electrons. The van der Waals surface area contributed by atoms with Gasteiger partial charge in [0.2, 0.25) is 0 Å². The second-order valence-electron chi connectivity index (χ2n) is 4.93. The van der Waals surface area contributed by atoms with Crippen LogP contribution in [0.25, 0.3) is 0 Å². The van der Waals surface area contributed by atoms with E-state index in [0.717, 1.165) is 5.56 Å². The summed E-state index contributed by atoms with van der Waals surface area (Å²) in [5.41, 5.74) is 1.67. The van der Waals surface area contributed by atoms with E-state index in [0.29, 0.717) is 10.7 Å². The maximum atomic E-state index is 12.2. The number of nitriles is 1.